The molecule has 0 spiro atoms. The van der Waals surface area contributed by atoms with Gasteiger partial charge in [-0.1, -0.05) is 0 Å². The molecule has 2 nitrogen and oxygen atoms in total. The molecule has 2 N–H and O–H groups in total. The Bertz CT molecular complexity index is 202. The Balaban J connectivity index is 3.88. The monoisotopic (exact) mass is 264 g/mol. The Morgan fingerprint density at radius 1 is 0.750 bits per heavy atom. The molecule has 98 valence electrons. The van der Waals surface area contributed by atoms with Gasteiger partial charge in [-0.15, -0.1) is 0 Å². The molecule has 0 rings (SSSR count). The minimum absolute atomic E-state index is 0.0279. The van der Waals surface area contributed by atoms with Gasteiger partial charge in [0.25, 0.3) is 0 Å². The Morgan fingerprint density at radius 3 is 1.56 bits per heavy atom. The van der Waals surface area contributed by atoms with Crippen LogP contribution in [0.4, 0.5) is 0 Å². The molecule has 0 saturated heterocycles. The zero-order valence-corrected chi connectivity index (χ0v) is 13.3. The zero-order valence-electron chi connectivity index (χ0n) is 11.5. The van der Waals surface area contributed by atoms with Crippen LogP contribution in [-0.2, 0) is 0 Å². The fourth-order valence-corrected chi connectivity index (χ4v) is 1.39. The molecule has 0 amide bonds. The van der Waals surface area contributed by atoms with Gasteiger partial charge in [-0.05, 0) is 41.5 Å². The van der Waals surface area contributed by atoms with E-state index >= 15 is 0 Å². The van der Waals surface area contributed by atoms with Crippen molar-refractivity contribution in [1.82, 2.24) is 10.6 Å². The van der Waals surface area contributed by atoms with Gasteiger partial charge in [0, 0.05) is 34.7 Å². The van der Waals surface area contributed by atoms with Crippen LogP contribution in [-0.4, -0.2) is 34.7 Å². The van der Waals surface area contributed by atoms with E-state index in [0.29, 0.717) is 0 Å². The summed E-state index contributed by atoms with van der Waals surface area (Å²) in [6, 6.07) is 0. The minimum atomic E-state index is 0.0279. The normalized spacial score (nSPS) is 14.2. The summed E-state index contributed by atoms with van der Waals surface area (Å²) in [5.41, 5.74) is 0.0824. The zero-order chi connectivity index (χ0) is 13.0. The molecule has 0 unspecified atom stereocenters. The van der Waals surface area contributed by atoms with E-state index in [9.17, 15) is 0 Å². The third-order valence-electron chi connectivity index (χ3n) is 2.12. The summed E-state index contributed by atoms with van der Waals surface area (Å²) >= 11 is 9.00. The van der Waals surface area contributed by atoms with Gasteiger partial charge >= 0.3 is 0 Å². The average molecular weight is 265 g/mol. The minimum Gasteiger partial charge on any atom is -0.314 e. The van der Waals surface area contributed by atoms with E-state index in [0.717, 1.165) is 19.6 Å². The molecule has 4 heteroatoms. The summed E-state index contributed by atoms with van der Waals surface area (Å²) in [6.07, 6.45) is 0. The number of nitrogens with one attached hydrogen (secondary N) is 2. The van der Waals surface area contributed by atoms with E-state index in [-0.39, 0.29) is 15.0 Å². The third kappa shape index (κ3) is 11.1. The van der Waals surface area contributed by atoms with Crippen molar-refractivity contribution in [2.75, 3.05) is 19.6 Å². The SMILES string of the molecule is CC(C)(S)CNCC(C)(C)NCC(C)(C)S. The van der Waals surface area contributed by atoms with Gasteiger partial charge in [0.05, 0.1) is 0 Å². The lowest BCUT2D eigenvalue weighted by molar-refractivity contribution is 0.350. The van der Waals surface area contributed by atoms with Crippen molar-refractivity contribution >= 4 is 25.3 Å². The molecular weight excluding hydrogens is 236 g/mol. The van der Waals surface area contributed by atoms with Crippen LogP contribution in [0.5, 0.6) is 0 Å². The Labute approximate surface area is 112 Å². The fourth-order valence-electron chi connectivity index (χ4n) is 1.20. The van der Waals surface area contributed by atoms with Gasteiger partial charge in [-0.25, -0.2) is 0 Å². The lowest BCUT2D eigenvalue weighted by atomic mass is 10.0. The molecule has 0 aliphatic heterocycles. The molecule has 0 aromatic rings. The van der Waals surface area contributed by atoms with Crippen molar-refractivity contribution in [3.63, 3.8) is 0 Å². The van der Waals surface area contributed by atoms with Gasteiger partial charge in [-0.2, -0.15) is 25.3 Å². The van der Waals surface area contributed by atoms with Crippen LogP contribution in [0.2, 0.25) is 0 Å². The van der Waals surface area contributed by atoms with Crippen molar-refractivity contribution < 1.29 is 0 Å². The number of hydrogen-bond donors (Lipinski definition) is 4. The first-order chi connectivity index (χ1) is 6.91. The standard InChI is InChI=1S/C12H28N2S2/c1-10(2,14-9-12(5,6)16)7-13-8-11(3,4)15/h13-16H,7-9H2,1-6H3. The average Bonchev–Trinajstić information content (AvgIpc) is 1.97. The highest BCUT2D eigenvalue weighted by atomic mass is 32.1. The fraction of sp³-hybridized carbons (Fsp3) is 1.00. The van der Waals surface area contributed by atoms with Crippen LogP contribution in [0.1, 0.15) is 41.5 Å². The van der Waals surface area contributed by atoms with E-state index in [1.54, 1.807) is 0 Å². The number of hydrogen-bond acceptors (Lipinski definition) is 4. The summed E-state index contributed by atoms with van der Waals surface area (Å²) in [5.74, 6) is 0. The quantitative estimate of drug-likeness (QED) is 0.531. The predicted molar refractivity (Wildman–Crippen MR) is 81.1 cm³/mol. The van der Waals surface area contributed by atoms with E-state index in [1.807, 2.05) is 0 Å². The molecule has 0 heterocycles. The van der Waals surface area contributed by atoms with Crippen LogP contribution in [0.15, 0.2) is 0 Å². The van der Waals surface area contributed by atoms with Crippen LogP contribution >= 0.6 is 25.3 Å². The molecule has 0 aliphatic carbocycles. The van der Waals surface area contributed by atoms with Crippen LogP contribution in [0.25, 0.3) is 0 Å². The van der Waals surface area contributed by atoms with Gasteiger partial charge in [0.1, 0.15) is 0 Å². The summed E-state index contributed by atoms with van der Waals surface area (Å²) in [6.45, 7) is 15.6. The lowest BCUT2D eigenvalue weighted by Gasteiger charge is -2.31. The van der Waals surface area contributed by atoms with Crippen molar-refractivity contribution in [2.45, 2.75) is 56.6 Å². The maximum Gasteiger partial charge on any atom is 0.0250 e. The highest BCUT2D eigenvalue weighted by Gasteiger charge is 2.21. The van der Waals surface area contributed by atoms with Crippen molar-refractivity contribution in [3.05, 3.63) is 0 Å². The topological polar surface area (TPSA) is 24.1 Å². The van der Waals surface area contributed by atoms with Crippen molar-refractivity contribution in [3.8, 4) is 0 Å². The van der Waals surface area contributed by atoms with Gasteiger partial charge in [0.15, 0.2) is 0 Å². The van der Waals surface area contributed by atoms with E-state index < -0.39 is 0 Å². The Hall–Kier alpha value is 0.620. The first-order valence-corrected chi connectivity index (χ1v) is 6.71. The Kier molecular flexibility index (Phi) is 6.22. The molecule has 0 aliphatic rings. The first-order valence-electron chi connectivity index (χ1n) is 5.82. The second-order valence-electron chi connectivity index (χ2n) is 6.47. The number of thiol groups is 2. The highest BCUT2D eigenvalue weighted by molar-refractivity contribution is 7.82. The maximum absolute atomic E-state index is 4.51. The van der Waals surface area contributed by atoms with Crippen molar-refractivity contribution in [2.24, 2.45) is 0 Å². The summed E-state index contributed by atoms with van der Waals surface area (Å²) in [7, 11) is 0. The van der Waals surface area contributed by atoms with Crippen LogP contribution in [0.3, 0.4) is 0 Å². The molecular formula is C12H28N2S2. The first kappa shape index (κ1) is 16.6. The molecule has 0 saturated carbocycles. The summed E-state index contributed by atoms with van der Waals surface area (Å²) in [5, 5.41) is 6.96. The van der Waals surface area contributed by atoms with E-state index in [1.165, 1.54) is 0 Å². The van der Waals surface area contributed by atoms with Crippen LogP contribution < -0.4 is 10.6 Å². The molecule has 0 fully saturated rings. The molecule has 16 heavy (non-hydrogen) atoms. The second-order valence-corrected chi connectivity index (χ2v) is 8.89. The second kappa shape index (κ2) is 5.98. The maximum atomic E-state index is 4.51. The van der Waals surface area contributed by atoms with E-state index in [2.05, 4.69) is 77.4 Å². The van der Waals surface area contributed by atoms with Gasteiger partial charge < -0.3 is 10.6 Å². The largest absolute Gasteiger partial charge is 0.314 e. The third-order valence-corrected chi connectivity index (χ3v) is 2.44. The van der Waals surface area contributed by atoms with Crippen molar-refractivity contribution in [1.29, 1.82) is 0 Å². The van der Waals surface area contributed by atoms with Gasteiger partial charge in [0.2, 0.25) is 0 Å². The lowest BCUT2D eigenvalue weighted by Crippen LogP contribution is -2.52. The molecule has 0 atom stereocenters. The number of rotatable bonds is 7. The molecule has 0 aromatic carbocycles. The Morgan fingerprint density at radius 2 is 1.19 bits per heavy atom. The summed E-state index contributed by atoms with van der Waals surface area (Å²) < 4.78 is 0.0684. The van der Waals surface area contributed by atoms with Gasteiger partial charge in [-0.3, -0.25) is 0 Å². The predicted octanol–water partition coefficient (Wildman–Crippen LogP) is 2.36. The highest BCUT2D eigenvalue weighted by Crippen LogP contribution is 2.13. The van der Waals surface area contributed by atoms with Crippen LogP contribution in [0, 0.1) is 0 Å². The molecule has 0 radical (unpaired) electrons. The molecule has 0 aromatic heterocycles. The molecule has 0 bridgehead atoms. The van der Waals surface area contributed by atoms with E-state index in [4.69, 9.17) is 0 Å². The smallest absolute Gasteiger partial charge is 0.0250 e. The summed E-state index contributed by atoms with van der Waals surface area (Å²) in [4.78, 5) is 0.